The van der Waals surface area contributed by atoms with Gasteiger partial charge in [0.25, 0.3) is 11.6 Å². The predicted octanol–water partition coefficient (Wildman–Crippen LogP) is 6.42. The van der Waals surface area contributed by atoms with Crippen LogP contribution in [-0.4, -0.2) is 28.5 Å². The number of carbonyl (C=O) groups is 1. The van der Waals surface area contributed by atoms with Crippen molar-refractivity contribution >= 4 is 40.6 Å². The molecule has 0 saturated heterocycles. The highest BCUT2D eigenvalue weighted by molar-refractivity contribution is 5.97. The Morgan fingerprint density at radius 2 is 1.94 bits per heavy atom. The zero-order chi connectivity index (χ0) is 23.9. The SMILES string of the molecule is [C-]#[N+]c1nc(N=Nc2ccc(N(CC)CC)cc2NC(=O)C(C)(C)C)n(CC=C)c1[N+]#[C-]. The van der Waals surface area contributed by atoms with Crippen LogP contribution in [0.25, 0.3) is 9.69 Å². The van der Waals surface area contributed by atoms with Gasteiger partial charge in [-0.1, -0.05) is 56.7 Å². The lowest BCUT2D eigenvalue weighted by Crippen LogP contribution is -2.28. The first-order valence-corrected chi connectivity index (χ1v) is 10.3. The lowest BCUT2D eigenvalue weighted by Gasteiger charge is -2.23. The van der Waals surface area contributed by atoms with Gasteiger partial charge in [-0.05, 0) is 32.0 Å². The summed E-state index contributed by atoms with van der Waals surface area (Å²) < 4.78 is 1.48. The Balaban J connectivity index is 2.55. The van der Waals surface area contributed by atoms with E-state index in [0.29, 0.717) is 11.4 Å². The molecule has 0 unspecified atom stereocenters. The standard InChI is InChI=1S/C23H28N8O/c1-9-14-31-20(25-8)19(24-7)27-22(31)29-28-17-13-12-16(30(10-2)11-3)15-18(17)26-21(32)23(4,5)6/h9,12-13,15H,1,10-11,14H2,2-6H3,(H,26,32). The zero-order valence-electron chi connectivity index (χ0n) is 19.2. The minimum atomic E-state index is -0.588. The lowest BCUT2D eigenvalue weighted by molar-refractivity contribution is -0.123. The molecule has 1 N–H and O–H groups in total. The minimum absolute atomic E-state index is 0.0334. The van der Waals surface area contributed by atoms with Gasteiger partial charge in [0.05, 0.1) is 12.2 Å². The van der Waals surface area contributed by atoms with Gasteiger partial charge < -0.3 is 19.9 Å². The molecule has 1 amide bonds. The van der Waals surface area contributed by atoms with Crippen LogP contribution in [0, 0.1) is 18.6 Å². The summed E-state index contributed by atoms with van der Waals surface area (Å²) in [6.07, 6.45) is 1.59. The molecule has 0 aliphatic rings. The smallest absolute Gasteiger partial charge is 0.373 e. The summed E-state index contributed by atoms with van der Waals surface area (Å²) in [5, 5.41) is 11.4. The Morgan fingerprint density at radius 1 is 1.25 bits per heavy atom. The van der Waals surface area contributed by atoms with E-state index >= 15 is 0 Å². The third kappa shape index (κ3) is 5.38. The number of carbonyl (C=O) groups excluding carboxylic acids is 1. The van der Waals surface area contributed by atoms with Gasteiger partial charge in [0.1, 0.15) is 5.69 Å². The van der Waals surface area contributed by atoms with Crippen molar-refractivity contribution in [3.63, 3.8) is 0 Å². The monoisotopic (exact) mass is 432 g/mol. The molecule has 0 aliphatic carbocycles. The number of anilines is 2. The molecule has 1 aromatic heterocycles. The van der Waals surface area contributed by atoms with Crippen molar-refractivity contribution in [3.05, 3.63) is 53.7 Å². The van der Waals surface area contributed by atoms with Crippen LogP contribution >= 0.6 is 0 Å². The maximum absolute atomic E-state index is 12.7. The van der Waals surface area contributed by atoms with Gasteiger partial charge in [-0.2, -0.15) is 0 Å². The molecule has 0 fully saturated rings. The topological polar surface area (TPSA) is 83.6 Å². The van der Waals surface area contributed by atoms with E-state index in [9.17, 15) is 4.79 Å². The Morgan fingerprint density at radius 3 is 2.47 bits per heavy atom. The number of imidazole rings is 1. The molecule has 2 rings (SSSR count). The van der Waals surface area contributed by atoms with E-state index in [1.54, 1.807) is 12.1 Å². The molecule has 0 atom stereocenters. The molecular formula is C23H28N8O. The Kier molecular flexibility index (Phi) is 7.86. The molecule has 0 bridgehead atoms. The lowest BCUT2D eigenvalue weighted by atomic mass is 9.95. The number of hydrogen-bond acceptors (Lipinski definition) is 5. The molecule has 1 heterocycles. The number of rotatable bonds is 8. The van der Waals surface area contributed by atoms with Crippen molar-refractivity contribution in [2.75, 3.05) is 23.3 Å². The summed E-state index contributed by atoms with van der Waals surface area (Å²) in [4.78, 5) is 25.6. The number of aromatic nitrogens is 2. The van der Waals surface area contributed by atoms with E-state index < -0.39 is 5.41 Å². The maximum Gasteiger partial charge on any atom is 0.417 e. The fraction of sp³-hybridized carbons (Fsp3) is 0.391. The van der Waals surface area contributed by atoms with Crippen LogP contribution in [0.5, 0.6) is 0 Å². The summed E-state index contributed by atoms with van der Waals surface area (Å²) in [7, 11) is 0. The van der Waals surface area contributed by atoms with Gasteiger partial charge in [-0.25, -0.2) is 4.57 Å². The average Bonchev–Trinajstić information content (AvgIpc) is 3.10. The summed E-state index contributed by atoms with van der Waals surface area (Å²) in [6, 6.07) is 5.57. The van der Waals surface area contributed by atoms with Crippen LogP contribution in [0.2, 0.25) is 0 Å². The highest BCUT2D eigenvalue weighted by Gasteiger charge is 2.24. The van der Waals surface area contributed by atoms with Gasteiger partial charge in [-0.15, -0.1) is 5.11 Å². The van der Waals surface area contributed by atoms with Crippen LogP contribution < -0.4 is 10.2 Å². The number of nitrogens with zero attached hydrogens (tertiary/aromatic N) is 7. The van der Waals surface area contributed by atoms with Crippen LogP contribution in [0.1, 0.15) is 34.6 Å². The second-order valence-electron chi connectivity index (χ2n) is 7.96. The summed E-state index contributed by atoms with van der Waals surface area (Å²) in [5.74, 6) is 0.0353. The third-order valence-corrected chi connectivity index (χ3v) is 4.71. The number of benzene rings is 1. The average molecular weight is 433 g/mol. The van der Waals surface area contributed by atoms with E-state index in [-0.39, 0.29) is 30.0 Å². The molecule has 0 saturated carbocycles. The first-order chi connectivity index (χ1) is 15.2. The van der Waals surface area contributed by atoms with Crippen LogP contribution in [-0.2, 0) is 11.3 Å². The van der Waals surface area contributed by atoms with E-state index in [0.717, 1.165) is 18.8 Å². The van der Waals surface area contributed by atoms with Gasteiger partial charge in [-0.3, -0.25) is 4.79 Å². The number of azo groups is 1. The first kappa shape index (κ1) is 24.3. The second-order valence-corrected chi connectivity index (χ2v) is 7.96. The third-order valence-electron chi connectivity index (χ3n) is 4.71. The molecule has 166 valence electrons. The zero-order valence-corrected chi connectivity index (χ0v) is 19.2. The fourth-order valence-corrected chi connectivity index (χ4v) is 2.88. The highest BCUT2D eigenvalue weighted by atomic mass is 16.2. The van der Waals surface area contributed by atoms with Crippen molar-refractivity contribution < 1.29 is 4.79 Å². The molecule has 0 radical (unpaired) electrons. The number of allylic oxidation sites excluding steroid dienone is 1. The van der Waals surface area contributed by atoms with E-state index in [2.05, 4.69) is 55.5 Å². The number of nitrogens with one attached hydrogen (secondary N) is 1. The van der Waals surface area contributed by atoms with Gasteiger partial charge in [0.2, 0.25) is 5.91 Å². The molecule has 9 nitrogen and oxygen atoms in total. The number of hydrogen-bond donors (Lipinski definition) is 1. The molecule has 32 heavy (non-hydrogen) atoms. The van der Waals surface area contributed by atoms with Crippen molar-refractivity contribution in [1.29, 1.82) is 0 Å². The maximum atomic E-state index is 12.7. The first-order valence-electron chi connectivity index (χ1n) is 10.3. The predicted molar refractivity (Wildman–Crippen MR) is 127 cm³/mol. The molecule has 0 spiro atoms. The molecule has 0 aliphatic heterocycles. The van der Waals surface area contributed by atoms with Gasteiger partial charge >= 0.3 is 5.95 Å². The van der Waals surface area contributed by atoms with Gasteiger partial charge in [0.15, 0.2) is 0 Å². The van der Waals surface area contributed by atoms with Crippen molar-refractivity contribution in [2.45, 2.75) is 41.2 Å². The Bertz CT molecular complexity index is 1100. The quantitative estimate of drug-likeness (QED) is 0.297. The second kappa shape index (κ2) is 10.4. The Labute approximate surface area is 189 Å². The van der Waals surface area contributed by atoms with E-state index in [4.69, 9.17) is 13.1 Å². The summed E-state index contributed by atoms with van der Waals surface area (Å²) >= 11 is 0. The molecule has 9 heteroatoms. The van der Waals surface area contributed by atoms with Crippen LogP contribution in [0.3, 0.4) is 0 Å². The van der Waals surface area contributed by atoms with E-state index in [1.165, 1.54) is 4.57 Å². The highest BCUT2D eigenvalue weighted by Crippen LogP contribution is 2.36. The van der Waals surface area contributed by atoms with E-state index in [1.807, 2.05) is 32.9 Å². The van der Waals surface area contributed by atoms with Crippen LogP contribution in [0.4, 0.5) is 34.6 Å². The fourth-order valence-electron chi connectivity index (χ4n) is 2.88. The van der Waals surface area contributed by atoms with Gasteiger partial charge in [0, 0.05) is 24.2 Å². The molecular weight excluding hydrogens is 404 g/mol. The largest absolute Gasteiger partial charge is 0.417 e. The van der Waals surface area contributed by atoms with Crippen LogP contribution in [0.15, 0.2) is 41.1 Å². The molecule has 2 aromatic rings. The molecule has 1 aromatic carbocycles. The minimum Gasteiger partial charge on any atom is -0.373 e. The Hall–Kier alpha value is -3.98. The van der Waals surface area contributed by atoms with Crippen molar-refractivity contribution in [2.24, 2.45) is 15.6 Å². The summed E-state index contributed by atoms with van der Waals surface area (Å²) in [6.45, 7) is 29.8. The summed E-state index contributed by atoms with van der Waals surface area (Å²) in [5.41, 5.74) is 1.34. The van der Waals surface area contributed by atoms with Crippen molar-refractivity contribution in [1.82, 2.24) is 9.55 Å². The number of amides is 1. The van der Waals surface area contributed by atoms with Crippen molar-refractivity contribution in [3.8, 4) is 0 Å². The normalized spacial score (nSPS) is 11.1.